The van der Waals surface area contributed by atoms with Gasteiger partial charge >= 0.3 is 5.97 Å². The first-order chi connectivity index (χ1) is 7.15. The van der Waals surface area contributed by atoms with Gasteiger partial charge in [0.05, 0.1) is 5.56 Å². The van der Waals surface area contributed by atoms with Crippen LogP contribution in [0, 0.1) is 11.8 Å². The van der Waals surface area contributed by atoms with Crippen molar-refractivity contribution in [2.24, 2.45) is 5.73 Å². The van der Waals surface area contributed by atoms with Crippen molar-refractivity contribution in [1.82, 2.24) is 0 Å². The second kappa shape index (κ2) is 5.03. The van der Waals surface area contributed by atoms with Crippen LogP contribution in [0.25, 0.3) is 0 Å². The molecule has 1 aromatic rings. The van der Waals surface area contributed by atoms with Crippen molar-refractivity contribution in [1.29, 1.82) is 0 Å². The molecule has 0 aliphatic carbocycles. The monoisotopic (exact) mass is 204 g/mol. The molecule has 0 aliphatic heterocycles. The van der Waals surface area contributed by atoms with E-state index in [-0.39, 0.29) is 5.56 Å². The van der Waals surface area contributed by atoms with Gasteiger partial charge in [-0.05, 0) is 18.2 Å². The van der Waals surface area contributed by atoms with Crippen LogP contribution in [0.1, 0.15) is 22.3 Å². The molecule has 1 rings (SSSR count). The van der Waals surface area contributed by atoms with Crippen LogP contribution in [0.4, 0.5) is 5.69 Å². The van der Waals surface area contributed by atoms with Crippen LogP contribution in [-0.2, 0) is 0 Å². The zero-order valence-electron chi connectivity index (χ0n) is 8.16. The number of carbonyl (C=O) groups is 1. The molecule has 5 N–H and O–H groups in total. The maximum Gasteiger partial charge on any atom is 0.335 e. The van der Waals surface area contributed by atoms with Crippen LogP contribution in [0.15, 0.2) is 18.2 Å². The van der Waals surface area contributed by atoms with E-state index in [1.54, 1.807) is 0 Å². The summed E-state index contributed by atoms with van der Waals surface area (Å²) in [6, 6.07) is 4.45. The number of benzene rings is 1. The van der Waals surface area contributed by atoms with Gasteiger partial charge in [0, 0.05) is 24.2 Å². The molecule has 1 aromatic carbocycles. The van der Waals surface area contributed by atoms with Crippen molar-refractivity contribution < 1.29 is 9.90 Å². The molecule has 4 heteroatoms. The zero-order valence-corrected chi connectivity index (χ0v) is 8.16. The number of nitrogens with two attached hydrogens (primary N) is 2. The maximum absolute atomic E-state index is 10.7. The summed E-state index contributed by atoms with van der Waals surface area (Å²) in [6.07, 6.45) is 0.566. The number of rotatable bonds is 2. The fraction of sp³-hybridized carbons (Fsp3) is 0.182. The van der Waals surface area contributed by atoms with Crippen LogP contribution in [0.2, 0.25) is 0 Å². The van der Waals surface area contributed by atoms with E-state index < -0.39 is 5.97 Å². The first-order valence-electron chi connectivity index (χ1n) is 4.47. The summed E-state index contributed by atoms with van der Waals surface area (Å²) >= 11 is 0. The lowest BCUT2D eigenvalue weighted by Crippen LogP contribution is -1.99. The number of hydrogen-bond acceptors (Lipinski definition) is 3. The lowest BCUT2D eigenvalue weighted by Gasteiger charge is -1.99. The lowest BCUT2D eigenvalue weighted by atomic mass is 10.1. The Morgan fingerprint density at radius 1 is 1.47 bits per heavy atom. The Bertz CT molecular complexity index is 430. The quantitative estimate of drug-likeness (QED) is 0.488. The summed E-state index contributed by atoms with van der Waals surface area (Å²) < 4.78 is 0. The second-order valence-electron chi connectivity index (χ2n) is 2.95. The fourth-order valence-corrected chi connectivity index (χ4v) is 1.03. The standard InChI is InChI=1S/C11H12N2O2/c12-6-2-1-3-8-7-9(11(14)15)4-5-10(8)13/h4-5,7H,2,6,12-13H2,(H,14,15). The van der Waals surface area contributed by atoms with Gasteiger partial charge < -0.3 is 16.6 Å². The molecule has 78 valence electrons. The Kier molecular flexibility index (Phi) is 3.72. The minimum Gasteiger partial charge on any atom is -0.478 e. The molecule has 15 heavy (non-hydrogen) atoms. The Labute approximate surface area is 87.9 Å². The fourth-order valence-electron chi connectivity index (χ4n) is 1.03. The molecule has 0 bridgehead atoms. The average Bonchev–Trinajstić information content (AvgIpc) is 2.20. The molecule has 0 atom stereocenters. The van der Waals surface area contributed by atoms with Crippen molar-refractivity contribution in [2.75, 3.05) is 12.3 Å². The van der Waals surface area contributed by atoms with Crippen LogP contribution >= 0.6 is 0 Å². The Balaban J connectivity index is 3.02. The average molecular weight is 204 g/mol. The molecule has 0 spiro atoms. The van der Waals surface area contributed by atoms with Crippen molar-refractivity contribution >= 4 is 11.7 Å². The maximum atomic E-state index is 10.7. The van der Waals surface area contributed by atoms with E-state index in [0.29, 0.717) is 24.2 Å². The molecular formula is C11H12N2O2. The zero-order chi connectivity index (χ0) is 11.3. The van der Waals surface area contributed by atoms with Crippen LogP contribution in [0.5, 0.6) is 0 Å². The summed E-state index contributed by atoms with van der Waals surface area (Å²) in [5.74, 6) is 4.61. The van der Waals surface area contributed by atoms with Crippen molar-refractivity contribution in [3.8, 4) is 11.8 Å². The highest BCUT2D eigenvalue weighted by Crippen LogP contribution is 2.12. The van der Waals surface area contributed by atoms with E-state index in [2.05, 4.69) is 11.8 Å². The first-order valence-corrected chi connectivity index (χ1v) is 4.47. The van der Waals surface area contributed by atoms with Gasteiger partial charge in [0.1, 0.15) is 0 Å². The van der Waals surface area contributed by atoms with Gasteiger partial charge in [0.25, 0.3) is 0 Å². The number of hydrogen-bond donors (Lipinski definition) is 3. The third kappa shape index (κ3) is 3.01. The van der Waals surface area contributed by atoms with E-state index in [4.69, 9.17) is 16.6 Å². The number of anilines is 1. The Morgan fingerprint density at radius 3 is 2.80 bits per heavy atom. The molecule has 0 amide bonds. The number of nitrogen functional groups attached to an aromatic ring is 1. The van der Waals surface area contributed by atoms with Crippen molar-refractivity contribution in [2.45, 2.75) is 6.42 Å². The smallest absolute Gasteiger partial charge is 0.335 e. The van der Waals surface area contributed by atoms with Gasteiger partial charge in [-0.3, -0.25) is 0 Å². The molecule has 0 aliphatic rings. The normalized spacial score (nSPS) is 9.13. The third-order valence-corrected chi connectivity index (χ3v) is 1.79. The molecule has 0 heterocycles. The molecule has 0 aromatic heterocycles. The number of carboxylic acid groups (broad SMARTS) is 1. The summed E-state index contributed by atoms with van der Waals surface area (Å²) in [6.45, 7) is 0.478. The molecule has 4 nitrogen and oxygen atoms in total. The van der Waals surface area contributed by atoms with Crippen molar-refractivity contribution in [3.63, 3.8) is 0 Å². The van der Waals surface area contributed by atoms with E-state index in [1.807, 2.05) is 0 Å². The lowest BCUT2D eigenvalue weighted by molar-refractivity contribution is 0.0697. The summed E-state index contributed by atoms with van der Waals surface area (Å²) in [7, 11) is 0. The van der Waals surface area contributed by atoms with Gasteiger partial charge in [-0.1, -0.05) is 11.8 Å². The highest BCUT2D eigenvalue weighted by atomic mass is 16.4. The summed E-state index contributed by atoms with van der Waals surface area (Å²) in [4.78, 5) is 10.7. The van der Waals surface area contributed by atoms with E-state index >= 15 is 0 Å². The minimum atomic E-state index is -0.989. The van der Waals surface area contributed by atoms with Crippen LogP contribution in [-0.4, -0.2) is 17.6 Å². The highest BCUT2D eigenvalue weighted by molar-refractivity contribution is 5.88. The van der Waals surface area contributed by atoms with Gasteiger partial charge in [-0.15, -0.1) is 0 Å². The van der Waals surface area contributed by atoms with Crippen molar-refractivity contribution in [3.05, 3.63) is 29.3 Å². The first kappa shape index (κ1) is 11.1. The molecule has 0 saturated heterocycles. The largest absolute Gasteiger partial charge is 0.478 e. The summed E-state index contributed by atoms with van der Waals surface area (Å²) in [5, 5.41) is 8.76. The highest BCUT2D eigenvalue weighted by Gasteiger charge is 2.04. The molecule has 0 radical (unpaired) electrons. The van der Waals surface area contributed by atoms with Gasteiger partial charge in [-0.25, -0.2) is 4.79 Å². The van der Waals surface area contributed by atoms with E-state index in [9.17, 15) is 4.79 Å². The molecular weight excluding hydrogens is 192 g/mol. The molecule has 0 fully saturated rings. The Hall–Kier alpha value is -1.99. The van der Waals surface area contributed by atoms with Gasteiger partial charge in [0.15, 0.2) is 0 Å². The van der Waals surface area contributed by atoms with Crippen LogP contribution in [0.3, 0.4) is 0 Å². The SMILES string of the molecule is NCCC#Cc1cc(C(=O)O)ccc1N. The van der Waals surface area contributed by atoms with Crippen LogP contribution < -0.4 is 11.5 Å². The number of carboxylic acids is 1. The van der Waals surface area contributed by atoms with Gasteiger partial charge in [0.2, 0.25) is 0 Å². The molecule has 0 unspecified atom stereocenters. The topological polar surface area (TPSA) is 89.3 Å². The number of aromatic carboxylic acids is 1. The predicted molar refractivity (Wildman–Crippen MR) is 58.4 cm³/mol. The van der Waals surface area contributed by atoms with E-state index in [1.165, 1.54) is 18.2 Å². The van der Waals surface area contributed by atoms with E-state index in [0.717, 1.165) is 0 Å². The third-order valence-electron chi connectivity index (χ3n) is 1.79. The summed E-state index contributed by atoms with van der Waals surface area (Å²) in [5.41, 5.74) is 12.1. The Morgan fingerprint density at radius 2 is 2.20 bits per heavy atom. The minimum absolute atomic E-state index is 0.182. The molecule has 0 saturated carbocycles. The van der Waals surface area contributed by atoms with Gasteiger partial charge in [-0.2, -0.15) is 0 Å². The predicted octanol–water partition coefficient (Wildman–Crippen LogP) is 0.667. The second-order valence-corrected chi connectivity index (χ2v) is 2.95.